The highest BCUT2D eigenvalue weighted by molar-refractivity contribution is 6.32. The molecule has 20 heavy (non-hydrogen) atoms. The van der Waals surface area contributed by atoms with Gasteiger partial charge in [-0.15, -0.1) is 0 Å². The predicted octanol–water partition coefficient (Wildman–Crippen LogP) is 3.40. The van der Waals surface area contributed by atoms with E-state index in [-0.39, 0.29) is 6.04 Å². The Labute approximate surface area is 124 Å². The third-order valence-electron chi connectivity index (χ3n) is 3.30. The van der Waals surface area contributed by atoms with Gasteiger partial charge in [-0.3, -0.25) is 11.3 Å². The van der Waals surface area contributed by atoms with Crippen molar-refractivity contribution in [2.24, 2.45) is 5.84 Å². The van der Waals surface area contributed by atoms with Crippen LogP contribution in [0.1, 0.15) is 22.7 Å². The summed E-state index contributed by atoms with van der Waals surface area (Å²) in [5, 5.41) is 0.600. The molecule has 0 aliphatic carbocycles. The Morgan fingerprint density at radius 2 is 2.05 bits per heavy atom. The Morgan fingerprint density at radius 3 is 2.70 bits per heavy atom. The summed E-state index contributed by atoms with van der Waals surface area (Å²) in [5.41, 5.74) is 6.39. The van der Waals surface area contributed by atoms with E-state index in [0.29, 0.717) is 10.8 Å². The molecule has 0 aliphatic rings. The van der Waals surface area contributed by atoms with Crippen molar-refractivity contribution in [3.05, 3.63) is 64.2 Å². The van der Waals surface area contributed by atoms with Crippen LogP contribution in [0, 0.1) is 6.92 Å². The van der Waals surface area contributed by atoms with Crippen LogP contribution in [-0.2, 0) is 6.42 Å². The maximum Gasteiger partial charge on any atom is 0.137 e. The fourth-order valence-corrected chi connectivity index (χ4v) is 2.44. The van der Waals surface area contributed by atoms with Crippen LogP contribution in [0.2, 0.25) is 5.02 Å². The van der Waals surface area contributed by atoms with Crippen molar-refractivity contribution in [3.63, 3.8) is 0 Å². The number of hydrazine groups is 1. The molecule has 0 saturated heterocycles. The molecule has 0 aliphatic heterocycles. The second kappa shape index (κ2) is 6.75. The van der Waals surface area contributed by atoms with Crippen LogP contribution in [0.15, 0.2) is 42.5 Å². The van der Waals surface area contributed by atoms with E-state index in [9.17, 15) is 0 Å². The summed E-state index contributed by atoms with van der Waals surface area (Å²) in [6.07, 6.45) is 0.808. The van der Waals surface area contributed by atoms with Gasteiger partial charge in [0, 0.05) is 0 Å². The summed E-state index contributed by atoms with van der Waals surface area (Å²) in [7, 11) is 1.61. The van der Waals surface area contributed by atoms with Gasteiger partial charge in [0.15, 0.2) is 0 Å². The SMILES string of the molecule is COc1cc(C(Cc2cccc(C)c2)NN)ccc1Cl. The van der Waals surface area contributed by atoms with Crippen molar-refractivity contribution in [1.29, 1.82) is 0 Å². The Morgan fingerprint density at radius 1 is 1.25 bits per heavy atom. The second-order valence-corrected chi connectivity index (χ2v) is 5.21. The van der Waals surface area contributed by atoms with Gasteiger partial charge in [-0.05, 0) is 36.6 Å². The predicted molar refractivity (Wildman–Crippen MR) is 83.0 cm³/mol. The van der Waals surface area contributed by atoms with Crippen molar-refractivity contribution >= 4 is 11.6 Å². The van der Waals surface area contributed by atoms with Crippen LogP contribution >= 0.6 is 11.6 Å². The number of methoxy groups -OCH3 is 1. The summed E-state index contributed by atoms with van der Waals surface area (Å²) in [4.78, 5) is 0. The van der Waals surface area contributed by atoms with Crippen LogP contribution < -0.4 is 16.0 Å². The first-order valence-corrected chi connectivity index (χ1v) is 6.87. The zero-order chi connectivity index (χ0) is 14.5. The summed E-state index contributed by atoms with van der Waals surface area (Å²) in [6.45, 7) is 2.08. The molecule has 4 heteroatoms. The lowest BCUT2D eigenvalue weighted by atomic mass is 9.98. The van der Waals surface area contributed by atoms with Gasteiger partial charge in [-0.25, -0.2) is 0 Å². The van der Waals surface area contributed by atoms with Gasteiger partial charge in [-0.1, -0.05) is 47.5 Å². The number of halogens is 1. The largest absolute Gasteiger partial charge is 0.495 e. The van der Waals surface area contributed by atoms with Crippen LogP contribution in [0.4, 0.5) is 0 Å². The van der Waals surface area contributed by atoms with E-state index in [1.54, 1.807) is 7.11 Å². The van der Waals surface area contributed by atoms with E-state index in [0.717, 1.165) is 12.0 Å². The third kappa shape index (κ3) is 3.51. The van der Waals surface area contributed by atoms with E-state index in [1.807, 2.05) is 18.2 Å². The molecule has 0 saturated carbocycles. The van der Waals surface area contributed by atoms with Gasteiger partial charge in [0.25, 0.3) is 0 Å². The van der Waals surface area contributed by atoms with E-state index in [1.165, 1.54) is 11.1 Å². The average molecular weight is 291 g/mol. The summed E-state index contributed by atoms with van der Waals surface area (Å²) < 4.78 is 5.25. The molecule has 1 unspecified atom stereocenters. The molecular formula is C16H19ClN2O. The number of nitrogens with two attached hydrogens (primary N) is 1. The zero-order valence-electron chi connectivity index (χ0n) is 11.7. The minimum absolute atomic E-state index is 0.0166. The fraction of sp³-hybridized carbons (Fsp3) is 0.250. The molecular weight excluding hydrogens is 272 g/mol. The lowest BCUT2D eigenvalue weighted by molar-refractivity contribution is 0.413. The molecule has 106 valence electrons. The Bertz CT molecular complexity index is 586. The average Bonchev–Trinajstić information content (AvgIpc) is 2.45. The van der Waals surface area contributed by atoms with E-state index >= 15 is 0 Å². The number of aryl methyl sites for hydroxylation is 1. The standard InChI is InChI=1S/C16H19ClN2O/c1-11-4-3-5-12(8-11)9-15(19-18)13-6-7-14(17)16(10-13)20-2/h3-8,10,15,19H,9,18H2,1-2H3. The van der Waals surface area contributed by atoms with E-state index in [4.69, 9.17) is 22.2 Å². The molecule has 0 aromatic heterocycles. The van der Waals surface area contributed by atoms with Gasteiger partial charge in [-0.2, -0.15) is 0 Å². The van der Waals surface area contributed by atoms with Crippen molar-refractivity contribution in [1.82, 2.24) is 5.43 Å². The lowest BCUT2D eigenvalue weighted by Gasteiger charge is -2.18. The molecule has 3 N–H and O–H groups in total. The maximum absolute atomic E-state index is 6.05. The number of nitrogens with one attached hydrogen (secondary N) is 1. The molecule has 2 aromatic rings. The third-order valence-corrected chi connectivity index (χ3v) is 3.61. The lowest BCUT2D eigenvalue weighted by Crippen LogP contribution is -2.29. The van der Waals surface area contributed by atoms with Gasteiger partial charge in [0.2, 0.25) is 0 Å². The highest BCUT2D eigenvalue weighted by atomic mass is 35.5. The number of ether oxygens (including phenoxy) is 1. The minimum atomic E-state index is 0.0166. The molecule has 2 aromatic carbocycles. The number of hydrogen-bond acceptors (Lipinski definition) is 3. The highest BCUT2D eigenvalue weighted by Crippen LogP contribution is 2.28. The molecule has 0 fully saturated rings. The molecule has 2 rings (SSSR count). The number of rotatable bonds is 5. The van der Waals surface area contributed by atoms with Crippen LogP contribution in [0.5, 0.6) is 5.75 Å². The first-order valence-electron chi connectivity index (χ1n) is 6.49. The number of benzene rings is 2. The molecule has 0 amide bonds. The second-order valence-electron chi connectivity index (χ2n) is 4.81. The summed E-state index contributed by atoms with van der Waals surface area (Å²) in [5.74, 6) is 6.36. The van der Waals surface area contributed by atoms with Crippen molar-refractivity contribution in [2.45, 2.75) is 19.4 Å². The Kier molecular flexibility index (Phi) is 5.01. The van der Waals surface area contributed by atoms with Gasteiger partial charge < -0.3 is 4.74 Å². The Balaban J connectivity index is 2.24. The van der Waals surface area contributed by atoms with E-state index in [2.05, 4.69) is 36.6 Å². The van der Waals surface area contributed by atoms with Gasteiger partial charge in [0.1, 0.15) is 5.75 Å². The topological polar surface area (TPSA) is 47.3 Å². The van der Waals surface area contributed by atoms with Crippen LogP contribution in [0.3, 0.4) is 0 Å². The first kappa shape index (κ1) is 14.9. The molecule has 0 spiro atoms. The normalized spacial score (nSPS) is 12.2. The summed E-state index contributed by atoms with van der Waals surface area (Å²) in [6, 6.07) is 14.1. The van der Waals surface area contributed by atoms with Gasteiger partial charge in [0.05, 0.1) is 18.2 Å². The van der Waals surface area contributed by atoms with Gasteiger partial charge >= 0.3 is 0 Å². The molecule has 0 bridgehead atoms. The zero-order valence-corrected chi connectivity index (χ0v) is 12.4. The Hall–Kier alpha value is -1.55. The van der Waals surface area contributed by atoms with Crippen molar-refractivity contribution in [2.75, 3.05) is 7.11 Å². The molecule has 3 nitrogen and oxygen atoms in total. The first-order chi connectivity index (χ1) is 9.63. The van der Waals surface area contributed by atoms with Crippen LogP contribution in [0.25, 0.3) is 0 Å². The highest BCUT2D eigenvalue weighted by Gasteiger charge is 2.13. The molecule has 1 atom stereocenters. The molecule has 0 radical (unpaired) electrons. The minimum Gasteiger partial charge on any atom is -0.495 e. The smallest absolute Gasteiger partial charge is 0.137 e. The van der Waals surface area contributed by atoms with E-state index < -0.39 is 0 Å². The summed E-state index contributed by atoms with van der Waals surface area (Å²) >= 11 is 6.05. The molecule has 0 heterocycles. The van der Waals surface area contributed by atoms with Crippen molar-refractivity contribution < 1.29 is 4.74 Å². The number of hydrogen-bond donors (Lipinski definition) is 2. The fourth-order valence-electron chi connectivity index (χ4n) is 2.24. The quantitative estimate of drug-likeness (QED) is 0.655. The van der Waals surface area contributed by atoms with Crippen molar-refractivity contribution in [3.8, 4) is 5.75 Å². The monoisotopic (exact) mass is 290 g/mol. The van der Waals surface area contributed by atoms with Crippen LogP contribution in [-0.4, -0.2) is 7.11 Å². The maximum atomic E-state index is 6.05.